The van der Waals surface area contributed by atoms with Crippen molar-refractivity contribution >= 4 is 39.8 Å². The Bertz CT molecular complexity index is 719. The molecule has 2 saturated heterocycles. The molecular weight excluding hydrogens is 477 g/mol. The van der Waals surface area contributed by atoms with Crippen molar-refractivity contribution in [3.63, 3.8) is 0 Å². The van der Waals surface area contributed by atoms with Gasteiger partial charge in [-0.1, -0.05) is 18.2 Å². The number of hydrogen-bond acceptors (Lipinski definition) is 4. The summed E-state index contributed by atoms with van der Waals surface area (Å²) in [5.41, 5.74) is 0.285. The van der Waals surface area contributed by atoms with Crippen LogP contribution in [0.4, 0.5) is 0 Å². The third-order valence-electron chi connectivity index (χ3n) is 5.19. The summed E-state index contributed by atoms with van der Waals surface area (Å²) in [6.07, 6.45) is 2.78. The molecule has 2 aliphatic heterocycles. The SMILES string of the molecule is CCNC(=NCCCS(=O)(=O)c1ccccc1)N1CCC2(CCOC2)C1.I. The van der Waals surface area contributed by atoms with Crippen LogP contribution in [0.1, 0.15) is 26.2 Å². The van der Waals surface area contributed by atoms with Gasteiger partial charge in [-0.2, -0.15) is 0 Å². The van der Waals surface area contributed by atoms with Crippen LogP contribution in [0.15, 0.2) is 40.2 Å². The van der Waals surface area contributed by atoms with Crippen LogP contribution in [0.5, 0.6) is 0 Å². The monoisotopic (exact) mass is 507 g/mol. The molecule has 0 bridgehead atoms. The molecule has 6 nitrogen and oxygen atoms in total. The largest absolute Gasteiger partial charge is 0.381 e. The van der Waals surface area contributed by atoms with Gasteiger partial charge in [-0.05, 0) is 38.3 Å². The van der Waals surface area contributed by atoms with Gasteiger partial charge in [-0.15, -0.1) is 24.0 Å². The Balaban J connectivity index is 0.00000261. The molecule has 0 aliphatic carbocycles. The van der Waals surface area contributed by atoms with Gasteiger partial charge in [0.15, 0.2) is 15.8 Å². The maximum Gasteiger partial charge on any atom is 0.193 e. The van der Waals surface area contributed by atoms with E-state index in [2.05, 4.69) is 22.1 Å². The lowest BCUT2D eigenvalue weighted by molar-refractivity contribution is 0.156. The molecule has 1 spiro atoms. The first-order chi connectivity index (χ1) is 12.5. The van der Waals surface area contributed by atoms with Crippen molar-refractivity contribution in [3.05, 3.63) is 30.3 Å². The fourth-order valence-electron chi connectivity index (χ4n) is 3.70. The van der Waals surface area contributed by atoms with Gasteiger partial charge in [0.25, 0.3) is 0 Å². The molecule has 1 unspecified atom stereocenters. The van der Waals surface area contributed by atoms with Crippen molar-refractivity contribution in [2.24, 2.45) is 10.4 Å². The number of sulfone groups is 1. The van der Waals surface area contributed by atoms with E-state index in [9.17, 15) is 8.42 Å². The highest BCUT2D eigenvalue weighted by Gasteiger charge is 2.42. The number of nitrogens with zero attached hydrogens (tertiary/aromatic N) is 2. The van der Waals surface area contributed by atoms with Crippen LogP contribution in [-0.2, 0) is 14.6 Å². The first-order valence-corrected chi connectivity index (χ1v) is 11.1. The van der Waals surface area contributed by atoms with Crippen LogP contribution in [0, 0.1) is 5.41 Å². The molecule has 0 amide bonds. The van der Waals surface area contributed by atoms with Crippen LogP contribution in [0.2, 0.25) is 0 Å². The summed E-state index contributed by atoms with van der Waals surface area (Å²) < 4.78 is 30.3. The first-order valence-electron chi connectivity index (χ1n) is 9.43. The quantitative estimate of drug-likeness (QED) is 0.278. The molecule has 27 heavy (non-hydrogen) atoms. The van der Waals surface area contributed by atoms with Crippen molar-refractivity contribution in [1.29, 1.82) is 0 Å². The lowest BCUT2D eigenvalue weighted by atomic mass is 9.87. The van der Waals surface area contributed by atoms with Gasteiger partial charge in [0.05, 0.1) is 17.3 Å². The number of benzene rings is 1. The summed E-state index contributed by atoms with van der Waals surface area (Å²) >= 11 is 0. The van der Waals surface area contributed by atoms with Gasteiger partial charge in [0.2, 0.25) is 0 Å². The molecule has 1 atom stereocenters. The molecule has 8 heteroatoms. The summed E-state index contributed by atoms with van der Waals surface area (Å²) in [6.45, 7) is 7.03. The van der Waals surface area contributed by atoms with E-state index in [1.807, 2.05) is 6.07 Å². The highest BCUT2D eigenvalue weighted by Crippen LogP contribution is 2.38. The second-order valence-electron chi connectivity index (χ2n) is 7.20. The maximum absolute atomic E-state index is 12.3. The van der Waals surface area contributed by atoms with Crippen molar-refractivity contribution in [2.75, 3.05) is 45.1 Å². The molecule has 0 aromatic heterocycles. The highest BCUT2D eigenvalue weighted by molar-refractivity contribution is 14.0. The Hall–Kier alpha value is -0.870. The number of ether oxygens (including phenoxy) is 1. The average molecular weight is 507 g/mol. The van der Waals surface area contributed by atoms with E-state index >= 15 is 0 Å². The van der Waals surface area contributed by atoms with E-state index in [0.717, 1.165) is 51.6 Å². The second kappa shape index (κ2) is 10.1. The highest BCUT2D eigenvalue weighted by atomic mass is 127. The minimum absolute atomic E-state index is 0. The molecule has 1 N–H and O–H groups in total. The molecule has 1 aromatic carbocycles. The summed E-state index contributed by atoms with van der Waals surface area (Å²) in [4.78, 5) is 7.36. The van der Waals surface area contributed by atoms with Gasteiger partial charge < -0.3 is 15.0 Å². The zero-order chi connectivity index (χ0) is 18.5. The number of guanidine groups is 1. The van der Waals surface area contributed by atoms with Crippen molar-refractivity contribution in [3.8, 4) is 0 Å². The maximum atomic E-state index is 12.3. The zero-order valence-electron chi connectivity index (χ0n) is 15.9. The summed E-state index contributed by atoms with van der Waals surface area (Å²) in [6, 6.07) is 8.63. The standard InChI is InChI=1S/C19H29N3O3S.HI/c1-2-20-18(22-12-9-19(15-22)10-13-25-16-19)21-11-6-14-26(23,24)17-7-4-3-5-8-17;/h3-5,7-8H,2,6,9-16H2,1H3,(H,20,21);1H. The molecule has 0 radical (unpaired) electrons. The van der Waals surface area contributed by atoms with Gasteiger partial charge in [-0.3, -0.25) is 4.99 Å². The third kappa shape index (κ3) is 5.80. The van der Waals surface area contributed by atoms with Crippen LogP contribution in [0.25, 0.3) is 0 Å². The molecule has 3 rings (SSSR count). The lowest BCUT2D eigenvalue weighted by Crippen LogP contribution is -2.41. The molecule has 2 heterocycles. The van der Waals surface area contributed by atoms with Crippen LogP contribution in [-0.4, -0.2) is 64.4 Å². The lowest BCUT2D eigenvalue weighted by Gasteiger charge is -2.25. The number of hydrogen-bond donors (Lipinski definition) is 1. The van der Waals surface area contributed by atoms with E-state index < -0.39 is 9.84 Å². The third-order valence-corrected chi connectivity index (χ3v) is 7.01. The average Bonchev–Trinajstić information content (AvgIpc) is 3.28. The van der Waals surface area contributed by atoms with Gasteiger partial charge in [0.1, 0.15) is 0 Å². The van der Waals surface area contributed by atoms with E-state index in [1.165, 1.54) is 0 Å². The number of rotatable bonds is 6. The van der Waals surface area contributed by atoms with E-state index in [-0.39, 0.29) is 35.1 Å². The van der Waals surface area contributed by atoms with Crippen molar-refractivity contribution < 1.29 is 13.2 Å². The smallest absolute Gasteiger partial charge is 0.193 e. The van der Waals surface area contributed by atoms with Gasteiger partial charge in [0, 0.05) is 38.2 Å². The van der Waals surface area contributed by atoms with E-state index in [4.69, 9.17) is 4.74 Å². The fraction of sp³-hybridized carbons (Fsp3) is 0.632. The van der Waals surface area contributed by atoms with Gasteiger partial charge in [-0.25, -0.2) is 8.42 Å². The van der Waals surface area contributed by atoms with Crippen LogP contribution >= 0.6 is 24.0 Å². The minimum Gasteiger partial charge on any atom is -0.381 e. The Morgan fingerprint density at radius 3 is 2.74 bits per heavy atom. The normalized spacial score (nSPS) is 22.9. The first kappa shape index (κ1) is 22.4. The molecule has 2 fully saturated rings. The summed E-state index contributed by atoms with van der Waals surface area (Å²) in [7, 11) is -3.23. The molecular formula is C19H30IN3O3S. The Kier molecular flexibility index (Phi) is 8.36. The Morgan fingerprint density at radius 2 is 2.07 bits per heavy atom. The number of aliphatic imine (C=N–C) groups is 1. The van der Waals surface area contributed by atoms with E-state index in [1.54, 1.807) is 24.3 Å². The van der Waals surface area contributed by atoms with Crippen molar-refractivity contribution in [2.45, 2.75) is 31.1 Å². The van der Waals surface area contributed by atoms with Crippen LogP contribution < -0.4 is 5.32 Å². The summed E-state index contributed by atoms with van der Waals surface area (Å²) in [5, 5.41) is 3.35. The summed E-state index contributed by atoms with van der Waals surface area (Å²) in [5.74, 6) is 1.02. The second-order valence-corrected chi connectivity index (χ2v) is 9.30. The predicted octanol–water partition coefficient (Wildman–Crippen LogP) is 2.55. The zero-order valence-corrected chi connectivity index (χ0v) is 19.0. The van der Waals surface area contributed by atoms with Gasteiger partial charge >= 0.3 is 0 Å². The molecule has 1 aromatic rings. The predicted molar refractivity (Wildman–Crippen MR) is 119 cm³/mol. The van der Waals surface area contributed by atoms with Crippen molar-refractivity contribution in [1.82, 2.24) is 10.2 Å². The topological polar surface area (TPSA) is 71.0 Å². The fourth-order valence-corrected chi connectivity index (χ4v) is 5.01. The van der Waals surface area contributed by atoms with Crippen LogP contribution in [0.3, 0.4) is 0 Å². The molecule has 2 aliphatic rings. The number of nitrogens with one attached hydrogen (secondary N) is 1. The van der Waals surface area contributed by atoms with E-state index in [0.29, 0.717) is 17.9 Å². The Labute approximate surface area is 179 Å². The number of halogens is 1. The molecule has 152 valence electrons. The number of likely N-dealkylation sites (tertiary alicyclic amines) is 1. The Morgan fingerprint density at radius 1 is 1.30 bits per heavy atom. The molecule has 0 saturated carbocycles. The minimum atomic E-state index is -3.23.